The predicted molar refractivity (Wildman–Crippen MR) is 75.6 cm³/mol. The van der Waals surface area contributed by atoms with E-state index in [9.17, 15) is 0 Å². The largest absolute Gasteiger partial charge is 0.308 e. The van der Waals surface area contributed by atoms with Crippen molar-refractivity contribution in [2.45, 2.75) is 40.4 Å². The van der Waals surface area contributed by atoms with Gasteiger partial charge < -0.3 is 5.32 Å². The number of rotatable bonds is 6. The Balaban J connectivity index is 1.82. The summed E-state index contributed by atoms with van der Waals surface area (Å²) in [5, 5.41) is 12.0. The minimum atomic E-state index is 0.624. The topological polar surface area (TPSA) is 47.7 Å². The van der Waals surface area contributed by atoms with Crippen molar-refractivity contribution in [3.05, 3.63) is 35.4 Å². The first-order valence-electron chi connectivity index (χ1n) is 6.75. The Labute approximate surface area is 114 Å². The molecule has 104 valence electrons. The predicted octanol–water partition coefficient (Wildman–Crippen LogP) is 1.87. The Kier molecular flexibility index (Phi) is 4.37. The van der Waals surface area contributed by atoms with Gasteiger partial charge in [0, 0.05) is 49.7 Å². The van der Waals surface area contributed by atoms with Crippen LogP contribution in [0.5, 0.6) is 0 Å². The lowest BCUT2D eigenvalue weighted by Gasteiger charge is -2.04. The van der Waals surface area contributed by atoms with E-state index in [0.29, 0.717) is 5.92 Å². The molecular formula is C14H23N5. The molecule has 5 nitrogen and oxygen atoms in total. The van der Waals surface area contributed by atoms with Crippen LogP contribution in [0.25, 0.3) is 0 Å². The van der Waals surface area contributed by atoms with Gasteiger partial charge in [-0.1, -0.05) is 13.8 Å². The van der Waals surface area contributed by atoms with E-state index in [1.54, 1.807) is 0 Å². The molecule has 0 bridgehead atoms. The van der Waals surface area contributed by atoms with Crippen LogP contribution in [0.2, 0.25) is 0 Å². The monoisotopic (exact) mass is 261 g/mol. The zero-order chi connectivity index (χ0) is 13.8. The SMILES string of the molecule is Cc1c(CNCc2cnn(CC(C)C)c2)cnn1C. The average molecular weight is 261 g/mol. The summed E-state index contributed by atoms with van der Waals surface area (Å²) in [6.07, 6.45) is 5.97. The van der Waals surface area contributed by atoms with Crippen LogP contribution in [-0.2, 0) is 26.7 Å². The highest BCUT2D eigenvalue weighted by atomic mass is 15.3. The van der Waals surface area contributed by atoms with Gasteiger partial charge in [0.1, 0.15) is 0 Å². The van der Waals surface area contributed by atoms with Gasteiger partial charge in [-0.05, 0) is 12.8 Å². The molecule has 2 aromatic rings. The molecule has 0 spiro atoms. The Morgan fingerprint density at radius 3 is 2.63 bits per heavy atom. The first-order chi connectivity index (χ1) is 9.06. The molecule has 1 N–H and O–H groups in total. The van der Waals surface area contributed by atoms with Gasteiger partial charge in [-0.2, -0.15) is 10.2 Å². The normalized spacial score (nSPS) is 11.4. The second-order valence-electron chi connectivity index (χ2n) is 5.45. The minimum Gasteiger partial charge on any atom is -0.308 e. The molecule has 0 fully saturated rings. The molecule has 0 aliphatic heterocycles. The molecule has 0 amide bonds. The smallest absolute Gasteiger partial charge is 0.0537 e. The molecule has 0 saturated heterocycles. The minimum absolute atomic E-state index is 0.624. The van der Waals surface area contributed by atoms with Crippen molar-refractivity contribution in [2.24, 2.45) is 13.0 Å². The lowest BCUT2D eigenvalue weighted by molar-refractivity contribution is 0.482. The third-order valence-corrected chi connectivity index (χ3v) is 3.22. The summed E-state index contributed by atoms with van der Waals surface area (Å²) in [6, 6.07) is 0. The number of aryl methyl sites for hydroxylation is 1. The van der Waals surface area contributed by atoms with Crippen molar-refractivity contribution in [1.29, 1.82) is 0 Å². The van der Waals surface area contributed by atoms with Crippen molar-refractivity contribution in [1.82, 2.24) is 24.9 Å². The van der Waals surface area contributed by atoms with Gasteiger partial charge in [-0.25, -0.2) is 0 Å². The molecule has 2 aromatic heterocycles. The lowest BCUT2D eigenvalue weighted by atomic mass is 10.2. The van der Waals surface area contributed by atoms with Crippen LogP contribution in [0.3, 0.4) is 0 Å². The van der Waals surface area contributed by atoms with Crippen LogP contribution in [-0.4, -0.2) is 19.6 Å². The van der Waals surface area contributed by atoms with E-state index < -0.39 is 0 Å². The maximum Gasteiger partial charge on any atom is 0.0537 e. The number of nitrogens with one attached hydrogen (secondary N) is 1. The molecule has 19 heavy (non-hydrogen) atoms. The summed E-state index contributed by atoms with van der Waals surface area (Å²) in [7, 11) is 1.97. The van der Waals surface area contributed by atoms with Crippen molar-refractivity contribution in [3.8, 4) is 0 Å². The summed E-state index contributed by atoms with van der Waals surface area (Å²) in [5.41, 5.74) is 3.68. The number of hydrogen-bond donors (Lipinski definition) is 1. The van der Waals surface area contributed by atoms with Crippen LogP contribution in [0.1, 0.15) is 30.7 Å². The van der Waals surface area contributed by atoms with Gasteiger partial charge in [-0.15, -0.1) is 0 Å². The van der Waals surface area contributed by atoms with Gasteiger partial charge in [0.15, 0.2) is 0 Å². The van der Waals surface area contributed by atoms with E-state index >= 15 is 0 Å². The molecule has 0 aliphatic rings. The maximum atomic E-state index is 4.36. The third kappa shape index (κ3) is 3.67. The van der Waals surface area contributed by atoms with E-state index in [1.165, 1.54) is 16.8 Å². The van der Waals surface area contributed by atoms with Gasteiger partial charge in [-0.3, -0.25) is 9.36 Å². The molecule has 0 unspecified atom stereocenters. The number of nitrogens with zero attached hydrogens (tertiary/aromatic N) is 4. The van der Waals surface area contributed by atoms with Crippen molar-refractivity contribution >= 4 is 0 Å². The number of aromatic nitrogens is 4. The average Bonchev–Trinajstić information content (AvgIpc) is 2.90. The lowest BCUT2D eigenvalue weighted by Crippen LogP contribution is -2.13. The molecule has 2 heterocycles. The molecule has 2 rings (SSSR count). The zero-order valence-electron chi connectivity index (χ0n) is 12.2. The molecular weight excluding hydrogens is 238 g/mol. The first-order valence-corrected chi connectivity index (χ1v) is 6.75. The molecule has 0 atom stereocenters. The zero-order valence-corrected chi connectivity index (χ0v) is 12.2. The highest BCUT2D eigenvalue weighted by Gasteiger charge is 2.04. The summed E-state index contributed by atoms with van der Waals surface area (Å²) < 4.78 is 3.91. The van der Waals surface area contributed by atoms with E-state index in [2.05, 4.69) is 42.5 Å². The van der Waals surface area contributed by atoms with Gasteiger partial charge in [0.25, 0.3) is 0 Å². The summed E-state index contributed by atoms with van der Waals surface area (Å²) in [4.78, 5) is 0. The van der Waals surface area contributed by atoms with E-state index in [4.69, 9.17) is 0 Å². The van der Waals surface area contributed by atoms with E-state index in [0.717, 1.165) is 19.6 Å². The summed E-state index contributed by atoms with van der Waals surface area (Å²) in [6.45, 7) is 9.14. The first kappa shape index (κ1) is 13.8. The molecule has 0 radical (unpaired) electrons. The van der Waals surface area contributed by atoms with Crippen molar-refractivity contribution in [2.75, 3.05) is 0 Å². The quantitative estimate of drug-likeness (QED) is 0.863. The molecule has 5 heteroatoms. The Bertz CT molecular complexity index is 524. The Morgan fingerprint density at radius 1 is 1.21 bits per heavy atom. The standard InChI is InChI=1S/C14H23N5/c1-11(2)9-19-10-13(6-17-19)5-15-7-14-8-16-18(4)12(14)3/h6,8,10-11,15H,5,7,9H2,1-4H3. The second kappa shape index (κ2) is 6.02. The number of hydrogen-bond acceptors (Lipinski definition) is 3. The fourth-order valence-electron chi connectivity index (χ4n) is 2.03. The fourth-order valence-corrected chi connectivity index (χ4v) is 2.03. The van der Waals surface area contributed by atoms with Crippen LogP contribution in [0, 0.1) is 12.8 Å². The summed E-state index contributed by atoms with van der Waals surface area (Å²) >= 11 is 0. The van der Waals surface area contributed by atoms with Gasteiger partial charge in [0.2, 0.25) is 0 Å². The Morgan fingerprint density at radius 2 is 2.00 bits per heavy atom. The van der Waals surface area contributed by atoms with Crippen molar-refractivity contribution < 1.29 is 0 Å². The van der Waals surface area contributed by atoms with Crippen LogP contribution in [0.4, 0.5) is 0 Å². The van der Waals surface area contributed by atoms with Crippen LogP contribution in [0.15, 0.2) is 18.6 Å². The van der Waals surface area contributed by atoms with Gasteiger partial charge >= 0.3 is 0 Å². The second-order valence-corrected chi connectivity index (χ2v) is 5.45. The maximum absolute atomic E-state index is 4.36. The summed E-state index contributed by atoms with van der Waals surface area (Å²) in [5.74, 6) is 0.624. The van der Waals surface area contributed by atoms with Crippen LogP contribution < -0.4 is 5.32 Å². The molecule has 0 aliphatic carbocycles. The fraction of sp³-hybridized carbons (Fsp3) is 0.571. The van der Waals surface area contributed by atoms with Crippen LogP contribution >= 0.6 is 0 Å². The third-order valence-electron chi connectivity index (χ3n) is 3.22. The van der Waals surface area contributed by atoms with Gasteiger partial charge in [0.05, 0.1) is 12.4 Å². The van der Waals surface area contributed by atoms with Crippen molar-refractivity contribution in [3.63, 3.8) is 0 Å². The van der Waals surface area contributed by atoms with E-state index in [-0.39, 0.29) is 0 Å². The van der Waals surface area contributed by atoms with E-state index in [1.807, 2.05) is 28.8 Å². The molecule has 0 aromatic carbocycles. The highest BCUT2D eigenvalue weighted by Crippen LogP contribution is 2.06. The molecule has 0 saturated carbocycles. The highest BCUT2D eigenvalue weighted by molar-refractivity contribution is 5.15. The Hall–Kier alpha value is -1.62.